The Morgan fingerprint density at radius 2 is 2.08 bits per heavy atom. The van der Waals surface area contributed by atoms with Gasteiger partial charge in [-0.1, -0.05) is 18.2 Å². The van der Waals surface area contributed by atoms with Gasteiger partial charge >= 0.3 is 0 Å². The SMILES string of the molecule is COCc1ccc(C(=O)Nc2cccc(OCC3CCCO3)c2)cc1. The molecule has 0 aliphatic carbocycles. The molecule has 1 heterocycles. The van der Waals surface area contributed by atoms with Crippen LogP contribution in [0.4, 0.5) is 5.69 Å². The summed E-state index contributed by atoms with van der Waals surface area (Å²) in [7, 11) is 1.65. The van der Waals surface area contributed by atoms with Crippen molar-refractivity contribution in [3.63, 3.8) is 0 Å². The topological polar surface area (TPSA) is 56.8 Å². The highest BCUT2D eigenvalue weighted by atomic mass is 16.5. The maximum atomic E-state index is 12.4. The number of carbonyl (C=O) groups is 1. The molecule has 0 bridgehead atoms. The second-order valence-electron chi connectivity index (χ2n) is 6.06. The molecule has 1 N–H and O–H groups in total. The summed E-state index contributed by atoms with van der Waals surface area (Å²) in [6, 6.07) is 14.8. The number of carbonyl (C=O) groups excluding carboxylic acids is 1. The minimum absolute atomic E-state index is 0.153. The fraction of sp³-hybridized carbons (Fsp3) is 0.350. The van der Waals surface area contributed by atoms with Crippen LogP contribution in [0.15, 0.2) is 48.5 Å². The number of hydrogen-bond donors (Lipinski definition) is 1. The molecule has 25 heavy (non-hydrogen) atoms. The van der Waals surface area contributed by atoms with Gasteiger partial charge in [-0.15, -0.1) is 0 Å². The normalized spacial score (nSPS) is 16.6. The maximum absolute atomic E-state index is 12.4. The van der Waals surface area contributed by atoms with Crippen molar-refractivity contribution in [2.45, 2.75) is 25.6 Å². The van der Waals surface area contributed by atoms with Gasteiger partial charge in [0.1, 0.15) is 12.4 Å². The van der Waals surface area contributed by atoms with Crippen LogP contribution < -0.4 is 10.1 Å². The third-order valence-corrected chi connectivity index (χ3v) is 4.08. The average Bonchev–Trinajstić information content (AvgIpc) is 3.15. The maximum Gasteiger partial charge on any atom is 0.255 e. The van der Waals surface area contributed by atoms with Gasteiger partial charge in [0.25, 0.3) is 5.91 Å². The van der Waals surface area contributed by atoms with E-state index in [1.54, 1.807) is 19.2 Å². The summed E-state index contributed by atoms with van der Waals surface area (Å²) in [5, 5.41) is 2.90. The van der Waals surface area contributed by atoms with E-state index in [0.29, 0.717) is 24.5 Å². The van der Waals surface area contributed by atoms with Crippen LogP contribution in [0.3, 0.4) is 0 Å². The van der Waals surface area contributed by atoms with E-state index < -0.39 is 0 Å². The lowest BCUT2D eigenvalue weighted by Gasteiger charge is -2.12. The molecule has 1 amide bonds. The van der Waals surface area contributed by atoms with Gasteiger partial charge in [-0.05, 0) is 42.7 Å². The summed E-state index contributed by atoms with van der Waals surface area (Å²) in [6.45, 7) is 1.89. The fourth-order valence-electron chi connectivity index (χ4n) is 2.75. The van der Waals surface area contributed by atoms with E-state index in [1.165, 1.54) is 0 Å². The molecule has 1 unspecified atom stereocenters. The summed E-state index contributed by atoms with van der Waals surface area (Å²) >= 11 is 0. The summed E-state index contributed by atoms with van der Waals surface area (Å²) in [6.07, 6.45) is 2.30. The number of amides is 1. The lowest BCUT2D eigenvalue weighted by Crippen LogP contribution is -2.16. The van der Waals surface area contributed by atoms with E-state index in [0.717, 1.165) is 30.8 Å². The van der Waals surface area contributed by atoms with Crippen molar-refractivity contribution in [1.29, 1.82) is 0 Å². The highest BCUT2D eigenvalue weighted by Crippen LogP contribution is 2.20. The molecule has 2 aromatic carbocycles. The van der Waals surface area contributed by atoms with Crippen molar-refractivity contribution in [3.05, 3.63) is 59.7 Å². The van der Waals surface area contributed by atoms with E-state index in [-0.39, 0.29) is 12.0 Å². The number of rotatable bonds is 7. The van der Waals surface area contributed by atoms with Gasteiger partial charge in [0.05, 0.1) is 12.7 Å². The number of anilines is 1. The molecule has 1 saturated heterocycles. The van der Waals surface area contributed by atoms with E-state index in [1.807, 2.05) is 36.4 Å². The molecule has 0 radical (unpaired) electrons. The number of hydrogen-bond acceptors (Lipinski definition) is 4. The van der Waals surface area contributed by atoms with Crippen LogP contribution in [-0.4, -0.2) is 32.3 Å². The number of benzene rings is 2. The predicted molar refractivity (Wildman–Crippen MR) is 96.0 cm³/mol. The molecule has 0 aromatic heterocycles. The fourth-order valence-corrected chi connectivity index (χ4v) is 2.75. The zero-order valence-electron chi connectivity index (χ0n) is 14.4. The van der Waals surface area contributed by atoms with Gasteiger partial charge in [-0.2, -0.15) is 0 Å². The Kier molecular flexibility index (Phi) is 6.04. The van der Waals surface area contributed by atoms with E-state index >= 15 is 0 Å². The van der Waals surface area contributed by atoms with Crippen LogP contribution >= 0.6 is 0 Å². The molecule has 3 rings (SSSR count). The van der Waals surface area contributed by atoms with Crippen LogP contribution in [0.5, 0.6) is 5.75 Å². The zero-order chi connectivity index (χ0) is 17.5. The average molecular weight is 341 g/mol. The molecular formula is C20H23NO4. The predicted octanol–water partition coefficient (Wildman–Crippen LogP) is 3.64. The third-order valence-electron chi connectivity index (χ3n) is 4.08. The van der Waals surface area contributed by atoms with Crippen molar-refractivity contribution in [3.8, 4) is 5.75 Å². The first-order valence-corrected chi connectivity index (χ1v) is 8.48. The van der Waals surface area contributed by atoms with Crippen molar-refractivity contribution >= 4 is 11.6 Å². The molecular weight excluding hydrogens is 318 g/mol. The molecule has 1 fully saturated rings. The van der Waals surface area contributed by atoms with Gasteiger partial charge in [-0.25, -0.2) is 0 Å². The third kappa shape index (κ3) is 5.05. The van der Waals surface area contributed by atoms with E-state index in [4.69, 9.17) is 14.2 Å². The van der Waals surface area contributed by atoms with E-state index in [9.17, 15) is 4.79 Å². The minimum Gasteiger partial charge on any atom is -0.491 e. The van der Waals surface area contributed by atoms with Gasteiger partial charge in [0, 0.05) is 31.0 Å². The summed E-state index contributed by atoms with van der Waals surface area (Å²) in [5.41, 5.74) is 2.34. The minimum atomic E-state index is -0.153. The standard InChI is InChI=1S/C20H23NO4/c1-23-13-15-7-9-16(10-8-15)20(22)21-17-4-2-5-18(12-17)25-14-19-6-3-11-24-19/h2,4-5,7-10,12,19H,3,6,11,13-14H2,1H3,(H,21,22). The smallest absolute Gasteiger partial charge is 0.255 e. The number of ether oxygens (including phenoxy) is 3. The Balaban J connectivity index is 1.57. The molecule has 5 nitrogen and oxygen atoms in total. The number of methoxy groups -OCH3 is 1. The molecule has 2 aromatic rings. The Morgan fingerprint density at radius 3 is 2.80 bits per heavy atom. The second-order valence-corrected chi connectivity index (χ2v) is 6.06. The summed E-state index contributed by atoms with van der Waals surface area (Å²) < 4.78 is 16.4. The first-order valence-electron chi connectivity index (χ1n) is 8.48. The molecule has 1 aliphatic rings. The lowest BCUT2D eigenvalue weighted by molar-refractivity contribution is 0.0680. The van der Waals surface area contributed by atoms with Crippen molar-refractivity contribution in [2.24, 2.45) is 0 Å². The van der Waals surface area contributed by atoms with E-state index in [2.05, 4.69) is 5.32 Å². The number of nitrogens with one attached hydrogen (secondary N) is 1. The summed E-state index contributed by atoms with van der Waals surface area (Å²) in [4.78, 5) is 12.4. The van der Waals surface area contributed by atoms with Crippen LogP contribution in [0.2, 0.25) is 0 Å². The van der Waals surface area contributed by atoms with Crippen molar-refractivity contribution in [1.82, 2.24) is 0 Å². The van der Waals surface area contributed by atoms with Gasteiger partial charge in [0.15, 0.2) is 0 Å². The molecule has 0 saturated carbocycles. The molecule has 5 heteroatoms. The van der Waals surface area contributed by atoms with Crippen LogP contribution in [0, 0.1) is 0 Å². The Bertz CT molecular complexity index is 693. The Labute approximate surface area is 147 Å². The van der Waals surface area contributed by atoms with Crippen molar-refractivity contribution < 1.29 is 19.0 Å². The molecule has 0 spiro atoms. The van der Waals surface area contributed by atoms with Gasteiger partial charge in [0.2, 0.25) is 0 Å². The van der Waals surface area contributed by atoms with Gasteiger partial charge < -0.3 is 19.5 Å². The first-order chi connectivity index (χ1) is 12.2. The van der Waals surface area contributed by atoms with Gasteiger partial charge in [-0.3, -0.25) is 4.79 Å². The van der Waals surface area contributed by atoms with Crippen molar-refractivity contribution in [2.75, 3.05) is 25.6 Å². The summed E-state index contributed by atoms with van der Waals surface area (Å²) in [5.74, 6) is 0.573. The highest BCUT2D eigenvalue weighted by molar-refractivity contribution is 6.04. The molecule has 1 aliphatic heterocycles. The van der Waals surface area contributed by atoms with Crippen LogP contribution in [-0.2, 0) is 16.1 Å². The van der Waals surface area contributed by atoms with Crippen LogP contribution in [0.25, 0.3) is 0 Å². The monoisotopic (exact) mass is 341 g/mol. The Morgan fingerprint density at radius 1 is 1.24 bits per heavy atom. The quantitative estimate of drug-likeness (QED) is 0.835. The molecule has 1 atom stereocenters. The lowest BCUT2D eigenvalue weighted by atomic mass is 10.1. The second kappa shape index (κ2) is 8.65. The Hall–Kier alpha value is -2.37. The highest BCUT2D eigenvalue weighted by Gasteiger charge is 2.16. The molecule has 132 valence electrons. The zero-order valence-corrected chi connectivity index (χ0v) is 14.4. The van der Waals surface area contributed by atoms with Crippen LogP contribution in [0.1, 0.15) is 28.8 Å². The first kappa shape index (κ1) is 17.5. The largest absolute Gasteiger partial charge is 0.491 e.